The van der Waals surface area contributed by atoms with Gasteiger partial charge in [0.15, 0.2) is 0 Å². The molecule has 2 aromatic carbocycles. The molecule has 0 spiro atoms. The zero-order valence-corrected chi connectivity index (χ0v) is 12.1. The van der Waals surface area contributed by atoms with Gasteiger partial charge in [-0.15, -0.1) is 0 Å². The lowest BCUT2D eigenvalue weighted by Gasteiger charge is -2.11. The Balaban J connectivity index is 2.21. The lowest BCUT2D eigenvalue weighted by Crippen LogP contribution is -2.13. The van der Waals surface area contributed by atoms with Gasteiger partial charge in [-0.3, -0.25) is 4.79 Å². The molecule has 2 rings (SSSR count). The summed E-state index contributed by atoms with van der Waals surface area (Å²) in [5.74, 6) is -0.168. The van der Waals surface area contributed by atoms with Crippen LogP contribution in [0.5, 0.6) is 5.75 Å². The molecule has 0 aliphatic heterocycles. The van der Waals surface area contributed by atoms with Gasteiger partial charge in [0, 0.05) is 10.6 Å². The first-order valence-electron chi connectivity index (χ1n) is 6.13. The van der Waals surface area contributed by atoms with Crippen molar-refractivity contribution in [2.24, 2.45) is 0 Å². The van der Waals surface area contributed by atoms with Gasteiger partial charge in [0.1, 0.15) is 5.75 Å². The molecular formula is C15H11ClF3NO2. The zero-order valence-electron chi connectivity index (χ0n) is 11.4. The molecule has 116 valence electrons. The maximum atomic E-state index is 12.5. The number of hydrogen-bond acceptors (Lipinski definition) is 2. The molecule has 1 amide bonds. The fourth-order valence-electron chi connectivity index (χ4n) is 1.78. The standard InChI is InChI=1S/C15H11ClF3NO2/c1-22-13-7-6-11(16)8-12(13)20-14(21)9-2-4-10(5-3-9)15(17,18)19/h2-8H,1H3,(H,20,21). The summed E-state index contributed by atoms with van der Waals surface area (Å²) in [6.07, 6.45) is -4.44. The predicted molar refractivity (Wildman–Crippen MR) is 77.4 cm³/mol. The van der Waals surface area contributed by atoms with Crippen molar-refractivity contribution in [3.8, 4) is 5.75 Å². The summed E-state index contributed by atoms with van der Waals surface area (Å²) >= 11 is 5.84. The Hall–Kier alpha value is -2.21. The van der Waals surface area contributed by atoms with Crippen LogP contribution in [0.2, 0.25) is 5.02 Å². The van der Waals surface area contributed by atoms with Gasteiger partial charge in [-0.1, -0.05) is 11.6 Å². The lowest BCUT2D eigenvalue weighted by molar-refractivity contribution is -0.137. The monoisotopic (exact) mass is 329 g/mol. The number of hydrogen-bond donors (Lipinski definition) is 1. The van der Waals surface area contributed by atoms with Crippen LogP contribution in [0.3, 0.4) is 0 Å². The van der Waals surface area contributed by atoms with Crippen LogP contribution < -0.4 is 10.1 Å². The number of carbonyl (C=O) groups is 1. The highest BCUT2D eigenvalue weighted by Gasteiger charge is 2.30. The molecule has 0 atom stereocenters. The molecule has 0 aliphatic rings. The van der Waals surface area contributed by atoms with E-state index in [2.05, 4.69) is 5.32 Å². The molecule has 0 heterocycles. The highest BCUT2D eigenvalue weighted by molar-refractivity contribution is 6.31. The number of amides is 1. The van der Waals surface area contributed by atoms with E-state index in [0.717, 1.165) is 24.3 Å². The summed E-state index contributed by atoms with van der Waals surface area (Å²) in [6, 6.07) is 8.57. The SMILES string of the molecule is COc1ccc(Cl)cc1NC(=O)c1ccc(C(F)(F)F)cc1. The number of carbonyl (C=O) groups excluding carboxylic acids is 1. The first-order valence-corrected chi connectivity index (χ1v) is 6.51. The summed E-state index contributed by atoms with van der Waals surface area (Å²) in [6.45, 7) is 0. The third-order valence-electron chi connectivity index (χ3n) is 2.88. The molecule has 0 bridgehead atoms. The maximum absolute atomic E-state index is 12.5. The second-order valence-corrected chi connectivity index (χ2v) is 4.81. The Morgan fingerprint density at radius 2 is 1.77 bits per heavy atom. The summed E-state index contributed by atoms with van der Waals surface area (Å²) in [7, 11) is 1.43. The fraction of sp³-hybridized carbons (Fsp3) is 0.133. The van der Waals surface area contributed by atoms with E-state index in [1.54, 1.807) is 12.1 Å². The van der Waals surface area contributed by atoms with Gasteiger partial charge in [0.2, 0.25) is 0 Å². The van der Waals surface area contributed by atoms with Gasteiger partial charge >= 0.3 is 6.18 Å². The minimum Gasteiger partial charge on any atom is -0.495 e. The number of methoxy groups -OCH3 is 1. The predicted octanol–water partition coefficient (Wildman–Crippen LogP) is 4.62. The number of halogens is 4. The van der Waals surface area contributed by atoms with Crippen LogP contribution in [0.15, 0.2) is 42.5 Å². The summed E-state index contributed by atoms with van der Waals surface area (Å²) < 4.78 is 42.5. The van der Waals surface area contributed by atoms with Crippen LogP contribution in [-0.4, -0.2) is 13.0 Å². The van der Waals surface area contributed by atoms with E-state index >= 15 is 0 Å². The molecular weight excluding hydrogens is 319 g/mol. The van der Waals surface area contributed by atoms with Crippen molar-refractivity contribution in [3.63, 3.8) is 0 Å². The molecule has 0 fully saturated rings. The normalized spacial score (nSPS) is 11.1. The fourth-order valence-corrected chi connectivity index (χ4v) is 1.96. The summed E-state index contributed by atoms with van der Waals surface area (Å²) in [4.78, 5) is 12.1. The van der Waals surface area contributed by atoms with Crippen LogP contribution in [0.25, 0.3) is 0 Å². The Labute approximate surface area is 129 Å². The first-order chi connectivity index (χ1) is 10.3. The molecule has 2 aromatic rings. The molecule has 22 heavy (non-hydrogen) atoms. The van der Waals surface area contributed by atoms with Crippen molar-refractivity contribution in [1.82, 2.24) is 0 Å². The van der Waals surface area contributed by atoms with Crippen molar-refractivity contribution >= 4 is 23.2 Å². The van der Waals surface area contributed by atoms with Gasteiger partial charge in [-0.25, -0.2) is 0 Å². The minimum atomic E-state index is -4.44. The molecule has 0 aromatic heterocycles. The topological polar surface area (TPSA) is 38.3 Å². The van der Waals surface area contributed by atoms with Crippen molar-refractivity contribution < 1.29 is 22.7 Å². The van der Waals surface area contributed by atoms with Gasteiger partial charge in [-0.2, -0.15) is 13.2 Å². The Bertz CT molecular complexity index is 684. The Kier molecular flexibility index (Phi) is 4.61. The number of nitrogens with one attached hydrogen (secondary N) is 1. The number of anilines is 1. The lowest BCUT2D eigenvalue weighted by atomic mass is 10.1. The van der Waals surface area contributed by atoms with Gasteiger partial charge < -0.3 is 10.1 Å². The van der Waals surface area contributed by atoms with E-state index in [4.69, 9.17) is 16.3 Å². The highest BCUT2D eigenvalue weighted by Crippen LogP contribution is 2.30. The summed E-state index contributed by atoms with van der Waals surface area (Å²) in [5, 5.41) is 2.94. The van der Waals surface area contributed by atoms with Crippen molar-refractivity contribution in [1.29, 1.82) is 0 Å². The molecule has 3 nitrogen and oxygen atoms in total. The average Bonchev–Trinajstić information content (AvgIpc) is 2.46. The smallest absolute Gasteiger partial charge is 0.416 e. The van der Waals surface area contributed by atoms with Crippen molar-refractivity contribution in [3.05, 3.63) is 58.6 Å². The molecule has 0 saturated heterocycles. The molecule has 0 saturated carbocycles. The maximum Gasteiger partial charge on any atom is 0.416 e. The largest absolute Gasteiger partial charge is 0.495 e. The van der Waals surface area contributed by atoms with E-state index < -0.39 is 17.6 Å². The number of ether oxygens (including phenoxy) is 1. The van der Waals surface area contributed by atoms with E-state index in [0.29, 0.717) is 16.5 Å². The van der Waals surface area contributed by atoms with Gasteiger partial charge in [0.25, 0.3) is 5.91 Å². The molecule has 7 heteroatoms. The van der Waals surface area contributed by atoms with Gasteiger partial charge in [0.05, 0.1) is 18.4 Å². The molecule has 1 N–H and O–H groups in total. The van der Waals surface area contributed by atoms with E-state index in [1.807, 2.05) is 0 Å². The highest BCUT2D eigenvalue weighted by atomic mass is 35.5. The number of alkyl halides is 3. The van der Waals surface area contributed by atoms with E-state index in [-0.39, 0.29) is 5.56 Å². The van der Waals surface area contributed by atoms with Crippen molar-refractivity contribution in [2.45, 2.75) is 6.18 Å². The quantitative estimate of drug-likeness (QED) is 0.892. The second-order valence-electron chi connectivity index (χ2n) is 4.37. The second kappa shape index (κ2) is 6.27. The molecule has 0 aliphatic carbocycles. The first kappa shape index (κ1) is 16.2. The van der Waals surface area contributed by atoms with Crippen molar-refractivity contribution in [2.75, 3.05) is 12.4 Å². The van der Waals surface area contributed by atoms with Crippen LogP contribution in [0.4, 0.5) is 18.9 Å². The van der Waals surface area contributed by atoms with Crippen LogP contribution in [-0.2, 0) is 6.18 Å². The third kappa shape index (κ3) is 3.71. The Morgan fingerprint density at radius 3 is 2.32 bits per heavy atom. The Morgan fingerprint density at radius 1 is 1.14 bits per heavy atom. The summed E-state index contributed by atoms with van der Waals surface area (Å²) in [5.41, 5.74) is -0.390. The minimum absolute atomic E-state index is 0.0926. The van der Waals surface area contributed by atoms with Crippen LogP contribution in [0.1, 0.15) is 15.9 Å². The average molecular weight is 330 g/mol. The number of benzene rings is 2. The zero-order chi connectivity index (χ0) is 16.3. The molecule has 0 radical (unpaired) electrons. The van der Waals surface area contributed by atoms with Gasteiger partial charge in [-0.05, 0) is 42.5 Å². The van der Waals surface area contributed by atoms with E-state index in [9.17, 15) is 18.0 Å². The van der Waals surface area contributed by atoms with E-state index in [1.165, 1.54) is 13.2 Å². The number of rotatable bonds is 3. The van der Waals surface area contributed by atoms with Crippen LogP contribution in [0, 0.1) is 0 Å². The molecule has 0 unspecified atom stereocenters. The van der Waals surface area contributed by atoms with Crippen LogP contribution >= 0.6 is 11.6 Å². The third-order valence-corrected chi connectivity index (χ3v) is 3.12.